The molecule has 19 nitrogen and oxygen atoms in total. The quantitative estimate of drug-likeness (QED) is 0.0601. The second kappa shape index (κ2) is 22.4. The summed E-state index contributed by atoms with van der Waals surface area (Å²) >= 11 is 6.44. The highest BCUT2D eigenvalue weighted by molar-refractivity contribution is 6.76. The number of aliphatic hydroxyl groups excluding tert-OH is 1. The van der Waals surface area contributed by atoms with E-state index in [1.807, 2.05) is 82.4 Å². The molecule has 3 saturated heterocycles. The Kier molecular flexibility index (Phi) is 15.0. The Morgan fingerprint density at radius 2 is 1.78 bits per heavy atom. The van der Waals surface area contributed by atoms with E-state index in [9.17, 15) is 14.7 Å². The van der Waals surface area contributed by atoms with Gasteiger partial charge in [-0.1, -0.05) is 85.3 Å². The highest BCUT2D eigenvalue weighted by atomic mass is 35.5. The molecule has 0 unspecified atom stereocenters. The number of anilines is 1. The molecule has 4 N–H and O–H groups in total. The molecule has 3 aromatic heterocycles. The summed E-state index contributed by atoms with van der Waals surface area (Å²) in [6.07, 6.45) is 9.42. The summed E-state index contributed by atoms with van der Waals surface area (Å²) in [6.45, 7) is 10.4. The maximum atomic E-state index is 16.1. The van der Waals surface area contributed by atoms with Crippen LogP contribution in [-0.4, -0.2) is 145 Å². The van der Waals surface area contributed by atoms with Crippen molar-refractivity contribution in [3.8, 4) is 34.1 Å². The van der Waals surface area contributed by atoms with E-state index in [-0.39, 0.29) is 67.4 Å². The van der Waals surface area contributed by atoms with Gasteiger partial charge in [-0.05, 0) is 97.7 Å². The number of aliphatic hydroxyl groups is 1. The standard InChI is InChI=1S/C60H67ClFN13O6/c1-32(2)54(59(78)73-20-7-8-50(73)58(77)65-49(29-76)39-17-15-36(16-18-39)42-19-21-72(5)70-56(42)61)75-28-48(69-71-75)38-11-9-35(10-12-38)31-80-55-52(51-34(4)46(62)24-47-45(51)26-64-68-47)43(37-13-14-37)23-44-53(55)66-60(81-30-33(3)79-6)67-57(44)74-27-40-22-41(74)25-63-40/h9-12,15-19,23-24,26,28,32-33,37,40-41,49-50,54,63,76H,7-8,13-14,20-22,25,27,29-31H2,1-6H3,(H,64,68)(H,65,77)/t33-,40-,41-,49-,50-,54-/m0/s1. The zero-order valence-corrected chi connectivity index (χ0v) is 47.1. The average Bonchev–Trinajstić information content (AvgIpc) is 4.28. The number of aromatic amines is 1. The van der Waals surface area contributed by atoms with Gasteiger partial charge in [0.15, 0.2) is 10.9 Å². The first kappa shape index (κ1) is 54.1. The number of piperazine rings is 1. The Morgan fingerprint density at radius 3 is 2.48 bits per heavy atom. The fourth-order valence-electron chi connectivity index (χ4n) is 12.0. The molecule has 6 atom stereocenters. The number of ether oxygens (including phenoxy) is 3. The van der Waals surface area contributed by atoms with Crippen molar-refractivity contribution in [3.05, 3.63) is 113 Å². The Morgan fingerprint density at radius 1 is 0.988 bits per heavy atom. The molecule has 0 radical (unpaired) electrons. The van der Waals surface area contributed by atoms with Crippen LogP contribution in [0.2, 0.25) is 0 Å². The number of carbonyl (C=O) groups excluding carboxylic acids is 2. The molecule has 422 valence electrons. The van der Waals surface area contributed by atoms with Gasteiger partial charge >= 0.3 is 6.01 Å². The number of hydrogen-bond donors (Lipinski definition) is 4. The second-order valence-electron chi connectivity index (χ2n) is 22.5. The SMILES string of the molecule is CO[C@@H](C)COc1nc(N2C[C@@H]3C[C@H]2CN3)c2cc(C3CC3)c(-c3c(C)c(F)cc4[nH]ncc34)c(OCc3ccc(-c4cn([C@H](C(=O)N5CCC[C@H]5C(=O)N[C@@H](CO)c5ccc(C6=CCN(C)N=C6Cl)cc5)C(C)C)nn4)cc3)c2n1. The van der Waals surface area contributed by atoms with Crippen molar-refractivity contribution < 1.29 is 33.3 Å². The van der Waals surface area contributed by atoms with Crippen molar-refractivity contribution in [2.45, 2.75) is 109 Å². The van der Waals surface area contributed by atoms with Crippen molar-refractivity contribution >= 4 is 61.8 Å². The van der Waals surface area contributed by atoms with Crippen molar-refractivity contribution in [2.75, 3.05) is 58.5 Å². The lowest BCUT2D eigenvalue weighted by atomic mass is 9.88. The highest BCUT2D eigenvalue weighted by Gasteiger charge is 2.42. The zero-order valence-electron chi connectivity index (χ0n) is 46.3. The maximum Gasteiger partial charge on any atom is 0.319 e. The Balaban J connectivity index is 0.807. The van der Waals surface area contributed by atoms with Gasteiger partial charge in [0.1, 0.15) is 48.1 Å². The van der Waals surface area contributed by atoms with Gasteiger partial charge in [-0.25, -0.2) is 9.07 Å². The van der Waals surface area contributed by atoms with Crippen LogP contribution >= 0.6 is 11.6 Å². The molecule has 0 spiro atoms. The number of carbonyl (C=O) groups is 2. The first-order chi connectivity index (χ1) is 39.2. The summed E-state index contributed by atoms with van der Waals surface area (Å²) in [5.41, 5.74) is 8.78. The van der Waals surface area contributed by atoms with E-state index < -0.39 is 18.1 Å². The fraction of sp³-hybridized carbons (Fsp3) is 0.433. The van der Waals surface area contributed by atoms with Gasteiger partial charge in [-0.2, -0.15) is 20.2 Å². The van der Waals surface area contributed by atoms with Crippen molar-refractivity contribution in [2.24, 2.45) is 11.0 Å². The number of benzene rings is 4. The summed E-state index contributed by atoms with van der Waals surface area (Å²) in [7, 11) is 3.49. The number of nitrogens with zero attached hydrogens (tertiary/aromatic N) is 10. The first-order valence-electron chi connectivity index (χ1n) is 28.0. The first-order valence-corrected chi connectivity index (χ1v) is 28.4. The van der Waals surface area contributed by atoms with E-state index in [0.717, 1.165) is 87.9 Å². The van der Waals surface area contributed by atoms with E-state index >= 15 is 4.39 Å². The summed E-state index contributed by atoms with van der Waals surface area (Å²) < 4.78 is 36.7. The Labute approximate surface area is 473 Å². The van der Waals surface area contributed by atoms with Crippen molar-refractivity contribution in [1.82, 2.24) is 55.7 Å². The van der Waals surface area contributed by atoms with Crippen LogP contribution in [0.15, 0.2) is 84.2 Å². The van der Waals surface area contributed by atoms with E-state index in [1.165, 1.54) is 6.07 Å². The molecule has 7 heterocycles. The third-order valence-corrected chi connectivity index (χ3v) is 16.9. The Hall–Kier alpha value is -7.52. The number of likely N-dealkylation sites (N-methyl/N-ethyl adjacent to an activating group) is 1. The third kappa shape index (κ3) is 10.6. The molecular weight excluding hydrogens is 1050 g/mol. The van der Waals surface area contributed by atoms with Crippen LogP contribution in [-0.2, 0) is 20.9 Å². The number of halogens is 2. The predicted octanol–water partition coefficient (Wildman–Crippen LogP) is 8.22. The highest BCUT2D eigenvalue weighted by Crippen LogP contribution is 2.53. The van der Waals surface area contributed by atoms with Crippen LogP contribution in [0.4, 0.5) is 10.2 Å². The monoisotopic (exact) mass is 1120 g/mol. The number of H-pyrrole nitrogens is 1. The third-order valence-electron chi connectivity index (χ3n) is 16.6. The largest absolute Gasteiger partial charge is 0.486 e. The molecule has 5 aliphatic rings. The van der Waals surface area contributed by atoms with Gasteiger partial charge in [-0.3, -0.25) is 19.7 Å². The van der Waals surface area contributed by atoms with Crippen LogP contribution in [0.1, 0.15) is 98.7 Å². The van der Waals surface area contributed by atoms with Gasteiger partial charge in [0.05, 0.1) is 43.2 Å². The topological polar surface area (TPSA) is 213 Å². The Bertz CT molecular complexity index is 3580. The second-order valence-corrected chi connectivity index (χ2v) is 22.9. The molecule has 2 amide bonds. The molecule has 4 fully saturated rings. The molecule has 2 bridgehead atoms. The minimum absolute atomic E-state index is 0.141. The van der Waals surface area contributed by atoms with Crippen LogP contribution < -0.4 is 25.0 Å². The smallest absolute Gasteiger partial charge is 0.319 e. The van der Waals surface area contributed by atoms with Gasteiger partial charge < -0.3 is 39.8 Å². The number of amides is 2. The summed E-state index contributed by atoms with van der Waals surface area (Å²) in [5.74, 6) is 0.403. The van der Waals surface area contributed by atoms with Gasteiger partial charge in [-0.15, -0.1) is 5.10 Å². The van der Waals surface area contributed by atoms with E-state index in [4.69, 9.17) is 35.8 Å². The summed E-state index contributed by atoms with van der Waals surface area (Å²) in [5, 5.41) is 41.6. The number of nitrogens with one attached hydrogen (secondary N) is 3. The number of likely N-dealkylation sites (tertiary alicyclic amines) is 1. The molecule has 4 aromatic carbocycles. The van der Waals surface area contributed by atoms with Crippen LogP contribution in [0.25, 0.3) is 49.8 Å². The molecule has 21 heteroatoms. The fourth-order valence-corrected chi connectivity index (χ4v) is 12.3. The lowest BCUT2D eigenvalue weighted by Crippen LogP contribution is -2.50. The number of aromatic nitrogens is 7. The van der Waals surface area contributed by atoms with Crippen LogP contribution in [0.5, 0.6) is 11.8 Å². The van der Waals surface area contributed by atoms with Crippen molar-refractivity contribution in [1.29, 1.82) is 0 Å². The van der Waals surface area contributed by atoms with Crippen molar-refractivity contribution in [3.63, 3.8) is 0 Å². The molecule has 81 heavy (non-hydrogen) atoms. The molecule has 7 aromatic rings. The van der Waals surface area contributed by atoms with E-state index in [1.54, 1.807) is 41.0 Å². The lowest BCUT2D eigenvalue weighted by molar-refractivity contribution is -0.142. The normalized spacial score (nSPS) is 20.1. The number of hydrogen-bond acceptors (Lipinski definition) is 15. The van der Waals surface area contributed by atoms with E-state index in [2.05, 4.69) is 47.2 Å². The van der Waals surface area contributed by atoms with Crippen LogP contribution in [0, 0.1) is 18.7 Å². The van der Waals surface area contributed by atoms with Gasteiger partial charge in [0.25, 0.3) is 0 Å². The van der Waals surface area contributed by atoms with E-state index in [0.29, 0.717) is 70.7 Å². The molecule has 12 rings (SSSR count). The summed E-state index contributed by atoms with van der Waals surface area (Å²) in [4.78, 5) is 42.9. The predicted molar refractivity (Wildman–Crippen MR) is 308 cm³/mol. The number of rotatable bonds is 19. The number of methoxy groups -OCH3 is 1. The number of fused-ring (bicyclic) bond motifs is 4. The van der Waals surface area contributed by atoms with Gasteiger partial charge in [0, 0.05) is 78.9 Å². The number of hydrazone groups is 1. The molecular formula is C60H67ClFN13O6. The molecule has 1 aliphatic carbocycles. The van der Waals surface area contributed by atoms with Crippen LogP contribution in [0.3, 0.4) is 0 Å². The minimum Gasteiger partial charge on any atom is -0.486 e. The molecule has 4 aliphatic heterocycles. The number of allylic oxidation sites excluding steroid dienone is 1. The zero-order chi connectivity index (χ0) is 56.2. The average molecular weight is 1120 g/mol. The van der Waals surface area contributed by atoms with Gasteiger partial charge in [0.2, 0.25) is 11.8 Å². The molecule has 1 saturated carbocycles. The maximum absolute atomic E-state index is 16.1. The lowest BCUT2D eigenvalue weighted by Gasteiger charge is -2.30. The minimum atomic E-state index is -0.742. The summed E-state index contributed by atoms with van der Waals surface area (Å²) in [6, 6.07) is 17.7.